The SMILES string of the molecule is O[Si](O)(O)O.[Lu].[Y].[Yb]. The van der Waals surface area contributed by atoms with Gasteiger partial charge in [-0.15, -0.1) is 0 Å². The van der Waals surface area contributed by atoms with Gasteiger partial charge in [-0.1, -0.05) is 0 Å². The molecule has 2 radical (unpaired) electrons. The minimum absolute atomic E-state index is 0. The van der Waals surface area contributed by atoms with Gasteiger partial charge in [0.15, 0.2) is 0 Å². The van der Waals surface area contributed by atoms with Crippen molar-refractivity contribution in [2.75, 3.05) is 0 Å². The maximum absolute atomic E-state index is 7.33. The van der Waals surface area contributed by atoms with Crippen LogP contribution in [0.3, 0.4) is 0 Å². The molecular weight excluding hydrogens is 529 g/mol. The molecule has 0 aliphatic heterocycles. The van der Waals surface area contributed by atoms with E-state index in [0.717, 1.165) is 0 Å². The first-order valence-electron chi connectivity index (χ1n) is 0.894. The van der Waals surface area contributed by atoms with E-state index in [-0.39, 0.29) is 117 Å². The van der Waals surface area contributed by atoms with Crippen molar-refractivity contribution in [1.82, 2.24) is 0 Å². The van der Waals surface area contributed by atoms with Crippen LogP contribution in [0.4, 0.5) is 0 Å². The minimum atomic E-state index is -4.61. The molecule has 0 aromatic rings. The summed E-state index contributed by atoms with van der Waals surface area (Å²) in [4.78, 5) is 29.3. The van der Waals surface area contributed by atoms with Crippen LogP contribution in [0.5, 0.6) is 0 Å². The molecule has 0 aromatic carbocycles. The molecule has 8 heteroatoms. The summed E-state index contributed by atoms with van der Waals surface area (Å²) in [5.74, 6) is 0. The molecule has 64 valence electrons. The van der Waals surface area contributed by atoms with Gasteiger partial charge in [0.1, 0.15) is 0 Å². The smallest absolute Gasteiger partial charge is 0.368 e. The van der Waals surface area contributed by atoms with Crippen LogP contribution in [0.1, 0.15) is 0 Å². The Morgan fingerprint density at radius 1 is 0.875 bits per heavy atom. The van der Waals surface area contributed by atoms with Gasteiger partial charge in [-0.3, -0.25) is 0 Å². The Morgan fingerprint density at radius 3 is 0.875 bits per heavy atom. The van der Waals surface area contributed by atoms with Crippen LogP contribution >= 0.6 is 0 Å². The van der Waals surface area contributed by atoms with E-state index in [4.69, 9.17) is 19.2 Å². The zero-order valence-corrected chi connectivity index (χ0v) is 10.6. The zero-order valence-electron chi connectivity index (χ0n) is 3.39. The Labute approximate surface area is 141 Å². The summed E-state index contributed by atoms with van der Waals surface area (Å²) in [6.07, 6.45) is 0. The van der Waals surface area contributed by atoms with E-state index >= 15 is 0 Å². The van der Waals surface area contributed by atoms with Gasteiger partial charge in [0, 0.05) is 117 Å². The molecular formula is H4LuO4SiYYb. The fourth-order valence-electron chi connectivity index (χ4n) is 0. The van der Waals surface area contributed by atoms with E-state index in [1.165, 1.54) is 0 Å². The van der Waals surface area contributed by atoms with E-state index in [9.17, 15) is 0 Å². The van der Waals surface area contributed by atoms with Crippen LogP contribution in [-0.2, 0) is 32.7 Å². The van der Waals surface area contributed by atoms with E-state index < -0.39 is 9.05 Å². The monoisotopic (exact) mass is 534 g/mol. The maximum Gasteiger partial charge on any atom is 0.668 e. The molecule has 0 aliphatic carbocycles. The summed E-state index contributed by atoms with van der Waals surface area (Å²) >= 11 is 0. The average molecular weight is 533 g/mol. The largest absolute Gasteiger partial charge is 0.668 e. The van der Waals surface area contributed by atoms with Crippen LogP contribution in [0.2, 0.25) is 0 Å². The topological polar surface area (TPSA) is 80.9 Å². The predicted octanol–water partition coefficient (Wildman–Crippen LogP) is -2.61. The third-order valence-corrected chi connectivity index (χ3v) is 0. The second kappa shape index (κ2) is 10.9. The molecule has 0 spiro atoms. The van der Waals surface area contributed by atoms with Gasteiger partial charge >= 0.3 is 9.05 Å². The van der Waals surface area contributed by atoms with Gasteiger partial charge in [-0.25, -0.2) is 0 Å². The van der Waals surface area contributed by atoms with Gasteiger partial charge in [0.25, 0.3) is 0 Å². The Bertz CT molecular complexity index is 31.5. The Hall–Kier alpha value is 3.91. The molecule has 4 N–H and O–H groups in total. The first-order chi connectivity index (χ1) is 2.00. The maximum atomic E-state index is 7.33. The third-order valence-electron chi connectivity index (χ3n) is 0. The molecule has 0 amide bonds. The molecule has 0 atom stereocenters. The van der Waals surface area contributed by atoms with E-state index in [1.54, 1.807) is 0 Å². The van der Waals surface area contributed by atoms with Crippen molar-refractivity contribution in [3.8, 4) is 0 Å². The molecule has 0 aromatic heterocycles. The zero-order chi connectivity index (χ0) is 4.50. The van der Waals surface area contributed by atoms with Crippen molar-refractivity contribution >= 4 is 9.05 Å². The fraction of sp³-hybridized carbons (Fsp3) is 0. The summed E-state index contributed by atoms with van der Waals surface area (Å²) in [7, 11) is -4.61. The summed E-state index contributed by atoms with van der Waals surface area (Å²) in [5.41, 5.74) is 0. The second-order valence-electron chi connectivity index (χ2n) is 0.600. The van der Waals surface area contributed by atoms with E-state index in [1.807, 2.05) is 0 Å². The fourth-order valence-corrected chi connectivity index (χ4v) is 0. The summed E-state index contributed by atoms with van der Waals surface area (Å²) in [6, 6.07) is 0. The molecule has 0 fully saturated rings. The molecule has 0 unspecified atom stereocenters. The van der Waals surface area contributed by atoms with Crippen LogP contribution in [-0.4, -0.2) is 28.2 Å². The standard InChI is InChI=1S/Lu.H4O4Si.Y.Yb/c;1-5(2,3)4;;/h;1-4H;;. The Morgan fingerprint density at radius 2 is 0.875 bits per heavy atom. The van der Waals surface area contributed by atoms with Gasteiger partial charge < -0.3 is 19.2 Å². The van der Waals surface area contributed by atoms with E-state index in [0.29, 0.717) is 0 Å². The van der Waals surface area contributed by atoms with Crippen molar-refractivity contribution < 1.29 is 136 Å². The normalized spacial score (nSPS) is 7.50. The van der Waals surface area contributed by atoms with Gasteiger partial charge in [0.05, 0.1) is 0 Å². The number of hydrogen-bond donors (Lipinski definition) is 4. The third kappa shape index (κ3) is 51.4. The quantitative estimate of drug-likeness (QED) is 0.258. The molecule has 0 heterocycles. The summed E-state index contributed by atoms with van der Waals surface area (Å²) in [6.45, 7) is 0. The first-order valence-corrected chi connectivity index (χ1v) is 2.68. The van der Waals surface area contributed by atoms with Gasteiger partial charge in [-0.05, 0) is 0 Å². The molecule has 8 heavy (non-hydrogen) atoms. The van der Waals surface area contributed by atoms with Gasteiger partial charge in [-0.2, -0.15) is 0 Å². The van der Waals surface area contributed by atoms with Crippen LogP contribution in [0.15, 0.2) is 0 Å². The van der Waals surface area contributed by atoms with Crippen LogP contribution in [0, 0.1) is 83.8 Å². The van der Waals surface area contributed by atoms with Crippen LogP contribution in [0.25, 0.3) is 0 Å². The molecule has 0 rings (SSSR count). The van der Waals surface area contributed by atoms with E-state index in [2.05, 4.69) is 0 Å². The average Bonchev–Trinajstić information content (AvgIpc) is 0.722. The molecule has 0 aliphatic rings. The van der Waals surface area contributed by atoms with Crippen molar-refractivity contribution in [2.45, 2.75) is 0 Å². The van der Waals surface area contributed by atoms with Crippen molar-refractivity contribution in [3.63, 3.8) is 0 Å². The first kappa shape index (κ1) is 22.7. The Kier molecular flexibility index (Phi) is 30.9. The second-order valence-corrected chi connectivity index (χ2v) is 1.80. The Balaban J connectivity index is -0.0000000267. The number of hydrogen-bond acceptors (Lipinski definition) is 4. The molecule has 0 saturated heterocycles. The van der Waals surface area contributed by atoms with Crippen molar-refractivity contribution in [2.24, 2.45) is 0 Å². The molecule has 4 nitrogen and oxygen atoms in total. The predicted molar refractivity (Wildman–Crippen MR) is 14.6 cm³/mol. The summed E-state index contributed by atoms with van der Waals surface area (Å²) < 4.78 is 0. The van der Waals surface area contributed by atoms with Gasteiger partial charge in [0.2, 0.25) is 0 Å². The summed E-state index contributed by atoms with van der Waals surface area (Å²) in [5, 5.41) is 0. The van der Waals surface area contributed by atoms with Crippen molar-refractivity contribution in [1.29, 1.82) is 0 Å². The minimum Gasteiger partial charge on any atom is -0.368 e. The number of rotatable bonds is 0. The van der Waals surface area contributed by atoms with Crippen LogP contribution < -0.4 is 0 Å². The molecule has 0 saturated carbocycles. The molecule has 0 bridgehead atoms. The van der Waals surface area contributed by atoms with Crippen molar-refractivity contribution in [3.05, 3.63) is 0 Å².